The topological polar surface area (TPSA) is 79.2 Å². The molecule has 2 heterocycles. The average molecular weight is 396 g/mol. The van der Waals surface area contributed by atoms with Crippen LogP contribution in [-0.4, -0.2) is 53.6 Å². The van der Waals surface area contributed by atoms with Crippen molar-refractivity contribution in [2.45, 2.75) is 25.4 Å². The molecule has 0 spiro atoms. The van der Waals surface area contributed by atoms with Crippen molar-refractivity contribution in [1.82, 2.24) is 4.90 Å². The monoisotopic (exact) mass is 396 g/mol. The molecule has 6 nitrogen and oxygen atoms in total. The van der Waals surface area contributed by atoms with E-state index < -0.39 is 23.3 Å². The minimum atomic E-state index is -4.71. The zero-order valence-electron chi connectivity index (χ0n) is 15.0. The van der Waals surface area contributed by atoms with Crippen LogP contribution in [0.2, 0.25) is 0 Å². The van der Waals surface area contributed by atoms with Gasteiger partial charge in [0.25, 0.3) is 0 Å². The maximum Gasteiger partial charge on any atom is 0.419 e. The predicted octanol–water partition coefficient (Wildman–Crippen LogP) is 2.50. The number of allylic oxidation sites excluding steroid dienone is 1. The van der Waals surface area contributed by atoms with Gasteiger partial charge in [-0.2, -0.15) is 13.2 Å². The Morgan fingerprint density at radius 2 is 1.93 bits per heavy atom. The maximum absolute atomic E-state index is 12.9. The standard InChI is InChI=1S/C19H19F3N2O4/c20-19(21,22)16-3-1-2-12(18(16)27)8-14(25)9-13-10-15(26)11-17(23-13)24-4-6-28-7-5-24/h1-3,11,27H,4-10H2. The van der Waals surface area contributed by atoms with Gasteiger partial charge in [-0.05, 0) is 6.07 Å². The van der Waals surface area contributed by atoms with Crippen LogP contribution in [0.15, 0.2) is 35.1 Å². The van der Waals surface area contributed by atoms with Crippen LogP contribution in [0.3, 0.4) is 0 Å². The van der Waals surface area contributed by atoms with Crippen LogP contribution in [0.25, 0.3) is 0 Å². The van der Waals surface area contributed by atoms with Gasteiger partial charge in [-0.25, -0.2) is 4.99 Å². The summed E-state index contributed by atoms with van der Waals surface area (Å²) in [6.45, 7) is 2.21. The van der Waals surface area contributed by atoms with Crippen molar-refractivity contribution in [2.24, 2.45) is 4.99 Å². The third kappa shape index (κ3) is 4.78. The number of morpholine rings is 1. The summed E-state index contributed by atoms with van der Waals surface area (Å²) >= 11 is 0. The van der Waals surface area contributed by atoms with E-state index in [-0.39, 0.29) is 30.6 Å². The number of carbonyl (C=O) groups excluding carboxylic acids is 2. The average Bonchev–Trinajstić information content (AvgIpc) is 2.62. The van der Waals surface area contributed by atoms with Gasteiger partial charge in [0.1, 0.15) is 17.4 Å². The fraction of sp³-hybridized carbons (Fsp3) is 0.421. The number of phenols is 1. The molecule has 1 aromatic carbocycles. The summed E-state index contributed by atoms with van der Waals surface area (Å²) in [7, 11) is 0. The number of Topliss-reactive ketones (excluding diaryl/α,β-unsaturated/α-hetero) is 1. The molecule has 1 N–H and O–H groups in total. The SMILES string of the molecule is O=C1C=C(N2CCOCC2)N=C(CC(=O)Cc2cccc(C(F)(F)F)c2O)C1. The highest BCUT2D eigenvalue weighted by Crippen LogP contribution is 2.37. The number of hydrogen-bond donors (Lipinski definition) is 1. The molecule has 28 heavy (non-hydrogen) atoms. The fourth-order valence-corrected chi connectivity index (χ4v) is 3.15. The molecule has 0 unspecified atom stereocenters. The lowest BCUT2D eigenvalue weighted by Crippen LogP contribution is -2.36. The Balaban J connectivity index is 1.70. The van der Waals surface area contributed by atoms with Crippen molar-refractivity contribution < 1.29 is 32.6 Å². The highest BCUT2D eigenvalue weighted by atomic mass is 19.4. The summed E-state index contributed by atoms with van der Waals surface area (Å²) in [5.74, 6) is -1.08. The van der Waals surface area contributed by atoms with Gasteiger partial charge in [-0.3, -0.25) is 9.59 Å². The smallest absolute Gasteiger partial charge is 0.419 e. The van der Waals surface area contributed by atoms with E-state index in [0.717, 1.165) is 12.1 Å². The predicted molar refractivity (Wildman–Crippen MR) is 94.0 cm³/mol. The number of para-hydroxylation sites is 1. The van der Waals surface area contributed by atoms with Crippen LogP contribution in [0, 0.1) is 0 Å². The zero-order valence-corrected chi connectivity index (χ0v) is 15.0. The second-order valence-corrected chi connectivity index (χ2v) is 6.63. The molecule has 150 valence electrons. The number of aliphatic imine (C=N–C) groups is 1. The molecule has 9 heteroatoms. The molecule has 0 aromatic heterocycles. The van der Waals surface area contributed by atoms with Crippen molar-refractivity contribution in [3.05, 3.63) is 41.2 Å². The lowest BCUT2D eigenvalue weighted by molar-refractivity contribution is -0.139. The lowest BCUT2D eigenvalue weighted by Gasteiger charge is -2.30. The summed E-state index contributed by atoms with van der Waals surface area (Å²) in [4.78, 5) is 30.6. The molecule has 0 saturated carbocycles. The largest absolute Gasteiger partial charge is 0.507 e. The number of phenolic OH excluding ortho intramolecular Hbond substituents is 1. The van der Waals surface area contributed by atoms with Gasteiger partial charge in [0, 0.05) is 49.7 Å². The van der Waals surface area contributed by atoms with E-state index in [1.165, 1.54) is 12.1 Å². The molecule has 1 aromatic rings. The second kappa shape index (κ2) is 8.14. The van der Waals surface area contributed by atoms with Gasteiger partial charge in [-0.15, -0.1) is 0 Å². The molecular weight excluding hydrogens is 377 g/mol. The van der Waals surface area contributed by atoms with Gasteiger partial charge in [0.15, 0.2) is 5.78 Å². The number of nitrogens with zero attached hydrogens (tertiary/aromatic N) is 2. The summed E-state index contributed by atoms with van der Waals surface area (Å²) in [5, 5.41) is 9.85. The number of aromatic hydroxyl groups is 1. The Labute approximate surface area is 159 Å². The van der Waals surface area contributed by atoms with Crippen molar-refractivity contribution in [3.8, 4) is 5.75 Å². The van der Waals surface area contributed by atoms with Crippen LogP contribution in [0.4, 0.5) is 13.2 Å². The molecular formula is C19H19F3N2O4. The van der Waals surface area contributed by atoms with Gasteiger partial charge < -0.3 is 14.7 Å². The van der Waals surface area contributed by atoms with E-state index in [2.05, 4.69) is 4.99 Å². The number of hydrogen-bond acceptors (Lipinski definition) is 6. The molecule has 0 aliphatic carbocycles. The number of carbonyl (C=O) groups is 2. The summed E-state index contributed by atoms with van der Waals surface area (Å²) < 4.78 is 43.9. The van der Waals surface area contributed by atoms with Crippen molar-refractivity contribution in [2.75, 3.05) is 26.3 Å². The molecule has 0 radical (unpaired) electrons. The molecule has 1 saturated heterocycles. The Hall–Kier alpha value is -2.68. The van der Waals surface area contributed by atoms with Crippen molar-refractivity contribution in [3.63, 3.8) is 0 Å². The lowest BCUT2D eigenvalue weighted by atomic mass is 9.99. The van der Waals surface area contributed by atoms with Crippen LogP contribution in [0.5, 0.6) is 5.75 Å². The highest BCUT2D eigenvalue weighted by molar-refractivity contribution is 6.14. The normalized spacial score (nSPS) is 18.0. The molecule has 1 fully saturated rings. The highest BCUT2D eigenvalue weighted by Gasteiger charge is 2.34. The molecule has 2 aliphatic rings. The van der Waals surface area contributed by atoms with E-state index >= 15 is 0 Å². The first kappa shape index (κ1) is 20.1. The first-order valence-corrected chi connectivity index (χ1v) is 8.77. The third-order valence-corrected chi connectivity index (χ3v) is 4.49. The van der Waals surface area contributed by atoms with Crippen LogP contribution >= 0.6 is 0 Å². The molecule has 0 bridgehead atoms. The zero-order chi connectivity index (χ0) is 20.3. The number of ether oxygens (including phenoxy) is 1. The van der Waals surface area contributed by atoms with Gasteiger partial charge in [0.2, 0.25) is 0 Å². The Bertz CT molecular complexity index is 840. The number of benzene rings is 1. The number of rotatable bonds is 5. The second-order valence-electron chi connectivity index (χ2n) is 6.63. The first-order valence-electron chi connectivity index (χ1n) is 8.77. The van der Waals surface area contributed by atoms with Gasteiger partial charge in [0.05, 0.1) is 18.8 Å². The van der Waals surface area contributed by atoms with Crippen LogP contribution < -0.4 is 0 Å². The van der Waals surface area contributed by atoms with Gasteiger partial charge in [-0.1, -0.05) is 12.1 Å². The molecule has 3 rings (SSSR count). The number of alkyl halides is 3. The summed E-state index contributed by atoms with van der Waals surface area (Å²) in [5.41, 5.74) is -0.919. The quantitative estimate of drug-likeness (QED) is 0.827. The summed E-state index contributed by atoms with van der Waals surface area (Å²) in [6.07, 6.45) is -3.82. The van der Waals surface area contributed by atoms with E-state index in [0.29, 0.717) is 37.8 Å². The number of halogens is 3. The molecule has 0 atom stereocenters. The molecule has 0 amide bonds. The fourth-order valence-electron chi connectivity index (χ4n) is 3.15. The van der Waals surface area contributed by atoms with E-state index in [1.807, 2.05) is 4.90 Å². The van der Waals surface area contributed by atoms with Crippen LogP contribution in [-0.2, 0) is 26.9 Å². The number of ketones is 2. The van der Waals surface area contributed by atoms with E-state index in [4.69, 9.17) is 4.74 Å². The Morgan fingerprint density at radius 3 is 2.61 bits per heavy atom. The third-order valence-electron chi connectivity index (χ3n) is 4.49. The summed E-state index contributed by atoms with van der Waals surface area (Å²) in [6, 6.07) is 3.17. The molecule has 2 aliphatic heterocycles. The minimum Gasteiger partial charge on any atom is -0.507 e. The van der Waals surface area contributed by atoms with E-state index in [9.17, 15) is 27.9 Å². The minimum absolute atomic E-state index is 0.00580. The van der Waals surface area contributed by atoms with Crippen LogP contribution in [0.1, 0.15) is 24.0 Å². The van der Waals surface area contributed by atoms with E-state index in [1.54, 1.807) is 0 Å². The maximum atomic E-state index is 12.9. The Kier molecular flexibility index (Phi) is 5.83. The first-order chi connectivity index (χ1) is 13.2. The van der Waals surface area contributed by atoms with Crippen molar-refractivity contribution in [1.29, 1.82) is 0 Å². The Morgan fingerprint density at radius 1 is 1.21 bits per heavy atom. The van der Waals surface area contributed by atoms with Crippen molar-refractivity contribution >= 4 is 17.3 Å². The van der Waals surface area contributed by atoms with Gasteiger partial charge >= 0.3 is 6.18 Å².